The molecule has 10 heteroatoms. The Bertz CT molecular complexity index is 1310. The fourth-order valence-corrected chi connectivity index (χ4v) is 5.38. The maximum Gasteiger partial charge on any atom is 0.184 e. The molecule has 5 rings (SSSR count). The summed E-state index contributed by atoms with van der Waals surface area (Å²) in [5.41, 5.74) is 10.8. The van der Waals surface area contributed by atoms with E-state index in [1.165, 1.54) is 10.7 Å². The summed E-state index contributed by atoms with van der Waals surface area (Å²) < 4.78 is 3.26. The van der Waals surface area contributed by atoms with Gasteiger partial charge in [-0.1, -0.05) is 17.4 Å². The highest BCUT2D eigenvalue weighted by molar-refractivity contribution is 7.22. The SMILES string of the molecule is CN(N)/N=C(\N)c1ccc2c(c1)ncn2Cc1ccc2nc(NC3CCC[C@@H](O)C3)sc2c1. The maximum absolute atomic E-state index is 9.92. The third-order valence-corrected chi connectivity index (χ3v) is 6.91. The highest BCUT2D eigenvalue weighted by atomic mass is 32.1. The summed E-state index contributed by atoms with van der Waals surface area (Å²) in [6.45, 7) is 0.705. The fraction of sp³-hybridized carbons (Fsp3) is 0.348. The number of aliphatic hydroxyl groups excluding tert-OH is 1. The Morgan fingerprint density at radius 1 is 1.27 bits per heavy atom. The van der Waals surface area contributed by atoms with Gasteiger partial charge in [-0.2, -0.15) is 0 Å². The van der Waals surface area contributed by atoms with Gasteiger partial charge < -0.3 is 20.7 Å². The van der Waals surface area contributed by atoms with Gasteiger partial charge in [0.05, 0.1) is 33.7 Å². The van der Waals surface area contributed by atoms with E-state index in [1.54, 1.807) is 18.4 Å². The van der Waals surface area contributed by atoms with E-state index in [0.717, 1.165) is 57.6 Å². The van der Waals surface area contributed by atoms with Crippen LogP contribution in [0.2, 0.25) is 0 Å². The molecule has 0 amide bonds. The predicted molar refractivity (Wildman–Crippen MR) is 133 cm³/mol. The van der Waals surface area contributed by atoms with Crippen LogP contribution in [-0.4, -0.2) is 49.8 Å². The number of rotatable bonds is 6. The van der Waals surface area contributed by atoms with Gasteiger partial charge in [-0.3, -0.25) is 0 Å². The van der Waals surface area contributed by atoms with Gasteiger partial charge in [0, 0.05) is 25.2 Å². The number of anilines is 1. The zero-order chi connectivity index (χ0) is 22.9. The van der Waals surface area contributed by atoms with Gasteiger partial charge in [0.15, 0.2) is 11.0 Å². The molecule has 0 radical (unpaired) electrons. The average Bonchev–Trinajstić information content (AvgIpc) is 3.36. The molecule has 0 bridgehead atoms. The summed E-state index contributed by atoms with van der Waals surface area (Å²) in [6, 6.07) is 12.5. The van der Waals surface area contributed by atoms with Gasteiger partial charge in [-0.25, -0.2) is 20.9 Å². The van der Waals surface area contributed by atoms with Crippen LogP contribution < -0.4 is 16.9 Å². The summed E-state index contributed by atoms with van der Waals surface area (Å²) >= 11 is 1.66. The predicted octanol–water partition coefficient (Wildman–Crippen LogP) is 2.84. The summed E-state index contributed by atoms with van der Waals surface area (Å²) in [4.78, 5) is 9.28. The first-order valence-corrected chi connectivity index (χ1v) is 11.9. The molecule has 1 unspecified atom stereocenters. The smallest absolute Gasteiger partial charge is 0.184 e. The second kappa shape index (κ2) is 8.97. The topological polar surface area (TPSA) is 131 Å². The molecular weight excluding hydrogens is 436 g/mol. The zero-order valence-corrected chi connectivity index (χ0v) is 19.3. The van der Waals surface area contributed by atoms with Crippen molar-refractivity contribution in [2.24, 2.45) is 16.7 Å². The van der Waals surface area contributed by atoms with Crippen LogP contribution in [0.15, 0.2) is 47.8 Å². The third kappa shape index (κ3) is 4.77. The molecule has 1 aliphatic rings. The molecule has 2 heterocycles. The van der Waals surface area contributed by atoms with Crippen molar-refractivity contribution in [3.8, 4) is 0 Å². The van der Waals surface area contributed by atoms with Crippen molar-refractivity contribution in [3.63, 3.8) is 0 Å². The van der Waals surface area contributed by atoms with Crippen molar-refractivity contribution in [2.45, 2.75) is 44.4 Å². The number of nitrogens with zero attached hydrogens (tertiary/aromatic N) is 5. The Labute approximate surface area is 195 Å². The van der Waals surface area contributed by atoms with Crippen LogP contribution in [-0.2, 0) is 6.54 Å². The van der Waals surface area contributed by atoms with Crippen LogP contribution in [0.5, 0.6) is 0 Å². The van der Waals surface area contributed by atoms with Crippen LogP contribution in [0.1, 0.15) is 36.8 Å². The Morgan fingerprint density at radius 3 is 2.97 bits per heavy atom. The Kier molecular flexibility index (Phi) is 5.88. The molecule has 9 nitrogen and oxygen atoms in total. The second-order valence-corrected chi connectivity index (χ2v) is 9.65. The summed E-state index contributed by atoms with van der Waals surface area (Å²) in [6.07, 6.45) is 5.46. The summed E-state index contributed by atoms with van der Waals surface area (Å²) in [5, 5.41) is 19.6. The minimum absolute atomic E-state index is 0.205. The molecule has 1 fully saturated rings. The Balaban J connectivity index is 1.34. The largest absolute Gasteiger partial charge is 0.393 e. The van der Waals surface area contributed by atoms with Crippen molar-refractivity contribution in [3.05, 3.63) is 53.9 Å². The number of nitrogens with two attached hydrogens (primary N) is 2. The van der Waals surface area contributed by atoms with E-state index in [-0.39, 0.29) is 6.10 Å². The number of hydrogen-bond donors (Lipinski definition) is 4. The van der Waals surface area contributed by atoms with Crippen molar-refractivity contribution in [1.82, 2.24) is 19.7 Å². The van der Waals surface area contributed by atoms with Gasteiger partial charge in [0.2, 0.25) is 0 Å². The molecule has 6 N–H and O–H groups in total. The molecule has 4 aromatic rings. The van der Waals surface area contributed by atoms with Crippen LogP contribution in [0, 0.1) is 0 Å². The van der Waals surface area contributed by atoms with E-state index in [1.807, 2.05) is 24.5 Å². The lowest BCUT2D eigenvalue weighted by Gasteiger charge is -2.26. The summed E-state index contributed by atoms with van der Waals surface area (Å²) in [5.74, 6) is 5.90. The molecule has 2 atom stereocenters. The third-order valence-electron chi connectivity index (χ3n) is 5.96. The first kappa shape index (κ1) is 21.6. The van der Waals surface area contributed by atoms with E-state index in [2.05, 4.69) is 38.2 Å². The molecule has 0 aliphatic heterocycles. The lowest BCUT2D eigenvalue weighted by atomic mass is 9.93. The number of benzene rings is 2. The number of thiazole rings is 1. The lowest BCUT2D eigenvalue weighted by molar-refractivity contribution is 0.124. The van der Waals surface area contributed by atoms with Crippen LogP contribution in [0.25, 0.3) is 21.3 Å². The number of hydrazine groups is 1. The summed E-state index contributed by atoms with van der Waals surface area (Å²) in [7, 11) is 1.62. The maximum atomic E-state index is 9.92. The zero-order valence-electron chi connectivity index (χ0n) is 18.5. The van der Waals surface area contributed by atoms with Gasteiger partial charge in [0.1, 0.15) is 0 Å². The number of nitrogens with one attached hydrogen (secondary N) is 1. The second-order valence-electron chi connectivity index (χ2n) is 8.62. The highest BCUT2D eigenvalue weighted by Crippen LogP contribution is 2.30. The molecule has 2 aromatic heterocycles. The number of hydrogen-bond acceptors (Lipinski definition) is 8. The normalized spacial score (nSPS) is 19.3. The van der Waals surface area contributed by atoms with Crippen molar-refractivity contribution in [2.75, 3.05) is 12.4 Å². The fourth-order valence-electron chi connectivity index (χ4n) is 4.37. The van der Waals surface area contributed by atoms with Crippen molar-refractivity contribution in [1.29, 1.82) is 0 Å². The van der Waals surface area contributed by atoms with Gasteiger partial charge in [-0.15, -0.1) is 5.10 Å². The quantitative estimate of drug-likeness (QED) is 0.149. The Morgan fingerprint density at radius 2 is 2.15 bits per heavy atom. The minimum Gasteiger partial charge on any atom is -0.393 e. The average molecular weight is 465 g/mol. The molecule has 0 saturated heterocycles. The number of amidine groups is 1. The van der Waals surface area contributed by atoms with Crippen LogP contribution in [0.4, 0.5) is 5.13 Å². The Hall–Kier alpha value is -3.21. The van der Waals surface area contributed by atoms with E-state index >= 15 is 0 Å². The molecular formula is C23H28N8OS. The molecule has 2 aromatic carbocycles. The number of hydrazone groups is 1. The number of fused-ring (bicyclic) bond motifs is 2. The van der Waals surface area contributed by atoms with Crippen molar-refractivity contribution >= 4 is 43.6 Å². The van der Waals surface area contributed by atoms with E-state index < -0.39 is 0 Å². The van der Waals surface area contributed by atoms with E-state index in [4.69, 9.17) is 16.6 Å². The number of aromatic nitrogens is 3. The monoisotopic (exact) mass is 464 g/mol. The van der Waals surface area contributed by atoms with Crippen LogP contribution in [0.3, 0.4) is 0 Å². The van der Waals surface area contributed by atoms with E-state index in [0.29, 0.717) is 18.4 Å². The van der Waals surface area contributed by atoms with Gasteiger partial charge in [0.25, 0.3) is 0 Å². The minimum atomic E-state index is -0.205. The van der Waals surface area contributed by atoms with Crippen molar-refractivity contribution < 1.29 is 5.11 Å². The highest BCUT2D eigenvalue weighted by Gasteiger charge is 2.21. The van der Waals surface area contributed by atoms with Crippen LogP contribution >= 0.6 is 11.3 Å². The number of aliphatic hydroxyl groups is 1. The lowest BCUT2D eigenvalue weighted by Crippen LogP contribution is -2.29. The van der Waals surface area contributed by atoms with Gasteiger partial charge in [-0.05, 0) is 61.6 Å². The first-order chi connectivity index (χ1) is 15.9. The van der Waals surface area contributed by atoms with E-state index in [9.17, 15) is 5.11 Å². The molecule has 1 aliphatic carbocycles. The standard InChI is InChI=1S/C23H28N8OS/c1-30(25)29-22(24)15-6-8-20-19(10-15)26-13-31(20)12-14-5-7-18-21(9-14)33-23(28-18)27-16-3-2-4-17(32)11-16/h5-10,13,16-17,32H,2-4,11-12,25H2,1H3,(H2,24,29)(H,27,28)/t16?,17-/m1/s1. The number of imidazole rings is 1. The molecule has 0 spiro atoms. The molecule has 33 heavy (non-hydrogen) atoms. The molecule has 172 valence electrons. The van der Waals surface area contributed by atoms with Gasteiger partial charge >= 0.3 is 0 Å². The molecule has 1 saturated carbocycles. The first-order valence-electron chi connectivity index (χ1n) is 11.1.